The number of pyridine rings is 2. The zero-order valence-corrected chi connectivity index (χ0v) is 15.1. The van der Waals surface area contributed by atoms with Crippen molar-refractivity contribution in [3.63, 3.8) is 0 Å². The predicted octanol–water partition coefficient (Wildman–Crippen LogP) is 5.38. The molecule has 2 heteroatoms. The summed E-state index contributed by atoms with van der Waals surface area (Å²) in [4.78, 5) is 8.39. The van der Waals surface area contributed by atoms with Crippen molar-refractivity contribution in [2.24, 2.45) is 0 Å². The van der Waals surface area contributed by atoms with E-state index in [4.69, 9.17) is 0 Å². The third kappa shape index (κ3) is 2.48. The van der Waals surface area contributed by atoms with Crippen LogP contribution in [-0.4, -0.2) is 9.97 Å². The van der Waals surface area contributed by atoms with Crippen molar-refractivity contribution in [3.8, 4) is 0 Å². The highest BCUT2D eigenvalue weighted by Gasteiger charge is 2.42. The van der Waals surface area contributed by atoms with Gasteiger partial charge < -0.3 is 0 Å². The second kappa shape index (κ2) is 6.17. The summed E-state index contributed by atoms with van der Waals surface area (Å²) in [5, 5.41) is 2.64. The third-order valence-electron chi connectivity index (χ3n) is 5.83. The lowest BCUT2D eigenvalue weighted by molar-refractivity contribution is 0.559. The minimum absolute atomic E-state index is 0.161. The van der Waals surface area contributed by atoms with Crippen LogP contribution in [-0.2, 0) is 18.3 Å². The zero-order valence-electron chi connectivity index (χ0n) is 15.1. The van der Waals surface area contributed by atoms with Crippen molar-refractivity contribution in [2.75, 3.05) is 0 Å². The van der Waals surface area contributed by atoms with E-state index in [1.807, 2.05) is 24.8 Å². The third-order valence-corrected chi connectivity index (χ3v) is 5.83. The van der Waals surface area contributed by atoms with Crippen molar-refractivity contribution < 1.29 is 0 Å². The summed E-state index contributed by atoms with van der Waals surface area (Å²) >= 11 is 0. The quantitative estimate of drug-likeness (QED) is 0.495. The zero-order chi connectivity index (χ0) is 18.3. The number of rotatable bonds is 4. The van der Waals surface area contributed by atoms with E-state index >= 15 is 0 Å². The first-order chi connectivity index (χ1) is 13.3. The summed E-state index contributed by atoms with van der Waals surface area (Å²) in [7, 11) is 0. The fraction of sp³-hybridized carbons (Fsp3) is 0.120. The first-order valence-corrected chi connectivity index (χ1v) is 9.28. The Labute approximate surface area is 159 Å². The average Bonchev–Trinajstić information content (AvgIpc) is 2.95. The Balaban J connectivity index is 1.74. The van der Waals surface area contributed by atoms with Crippen molar-refractivity contribution >= 4 is 16.3 Å². The molecule has 1 aliphatic carbocycles. The van der Waals surface area contributed by atoms with Gasteiger partial charge in [-0.25, -0.2) is 0 Å². The maximum absolute atomic E-state index is 4.61. The molecule has 0 bridgehead atoms. The van der Waals surface area contributed by atoms with Gasteiger partial charge in [-0.15, -0.1) is 0 Å². The van der Waals surface area contributed by atoms with Gasteiger partial charge in [0.05, 0.1) is 0 Å². The van der Waals surface area contributed by atoms with Crippen LogP contribution in [0.2, 0.25) is 0 Å². The van der Waals surface area contributed by atoms with Crippen molar-refractivity contribution in [1.82, 2.24) is 9.97 Å². The average molecular weight is 348 g/mol. The van der Waals surface area contributed by atoms with Crippen molar-refractivity contribution in [1.29, 1.82) is 0 Å². The Hall–Kier alpha value is -3.26. The molecule has 2 aromatic heterocycles. The van der Waals surface area contributed by atoms with Crippen LogP contribution in [0, 0.1) is 0 Å². The fourth-order valence-corrected chi connectivity index (χ4v) is 4.58. The van der Waals surface area contributed by atoms with E-state index in [0.29, 0.717) is 0 Å². The molecule has 0 aliphatic heterocycles. The largest absolute Gasteiger partial charge is 0.265 e. The maximum Gasteiger partial charge on any atom is 0.0290 e. The van der Waals surface area contributed by atoms with E-state index in [9.17, 15) is 0 Å². The molecule has 0 fully saturated rings. The predicted molar refractivity (Wildman–Crippen MR) is 111 cm³/mol. The Morgan fingerprint density at radius 3 is 1.85 bits per heavy atom. The summed E-state index contributed by atoms with van der Waals surface area (Å²) in [5.74, 6) is 0. The highest BCUT2D eigenvalue weighted by molar-refractivity contribution is 6.04. The molecule has 0 saturated carbocycles. The summed E-state index contributed by atoms with van der Waals surface area (Å²) in [6.45, 7) is 4.61. The van der Waals surface area contributed by atoms with Crippen molar-refractivity contribution in [2.45, 2.75) is 18.3 Å². The SMILES string of the molecule is C=C1c2cccc3cccc(c23)C1(Cc1ccncc1)Cc1ccncc1. The van der Waals surface area contributed by atoms with Gasteiger partial charge in [0.25, 0.3) is 0 Å². The molecular formula is C25H20N2. The number of nitrogens with zero attached hydrogens (tertiary/aromatic N) is 2. The molecular weight excluding hydrogens is 328 g/mol. The summed E-state index contributed by atoms with van der Waals surface area (Å²) in [6.07, 6.45) is 9.32. The molecule has 0 unspecified atom stereocenters. The Kier molecular flexibility index (Phi) is 3.64. The van der Waals surface area contributed by atoms with Crippen LogP contribution in [0.25, 0.3) is 16.3 Å². The van der Waals surface area contributed by atoms with Gasteiger partial charge in [0.2, 0.25) is 0 Å². The number of benzene rings is 2. The standard InChI is InChI=1S/C25H20N2/c1-18-22-6-2-4-21-5-3-7-23(24(21)22)25(18,16-19-8-12-26-13-9-19)17-20-10-14-27-15-11-20/h2-15H,1,16-17H2. The highest BCUT2D eigenvalue weighted by Crippen LogP contribution is 2.52. The van der Waals surface area contributed by atoms with E-state index < -0.39 is 0 Å². The monoisotopic (exact) mass is 348 g/mol. The minimum atomic E-state index is -0.161. The van der Waals surface area contributed by atoms with Gasteiger partial charge in [-0.1, -0.05) is 43.0 Å². The highest BCUT2D eigenvalue weighted by atomic mass is 14.6. The van der Waals surface area contributed by atoms with Gasteiger partial charge >= 0.3 is 0 Å². The van der Waals surface area contributed by atoms with Crippen LogP contribution in [0.4, 0.5) is 0 Å². The Morgan fingerprint density at radius 2 is 1.26 bits per heavy atom. The molecule has 2 heterocycles. The number of hydrogen-bond acceptors (Lipinski definition) is 2. The molecule has 2 nitrogen and oxygen atoms in total. The number of allylic oxidation sites excluding steroid dienone is 1. The summed E-state index contributed by atoms with van der Waals surface area (Å²) in [5.41, 5.74) is 6.28. The molecule has 130 valence electrons. The Bertz CT molecular complexity index is 1080. The normalized spacial score (nSPS) is 14.6. The van der Waals surface area contributed by atoms with Gasteiger partial charge in [-0.05, 0) is 75.7 Å². The van der Waals surface area contributed by atoms with E-state index in [0.717, 1.165) is 12.8 Å². The first kappa shape index (κ1) is 16.0. The topological polar surface area (TPSA) is 25.8 Å². The molecule has 0 radical (unpaired) electrons. The lowest BCUT2D eigenvalue weighted by Crippen LogP contribution is -2.30. The lowest BCUT2D eigenvalue weighted by atomic mass is 9.69. The smallest absolute Gasteiger partial charge is 0.0290 e. The molecule has 4 aromatic rings. The fourth-order valence-electron chi connectivity index (χ4n) is 4.58. The van der Waals surface area contributed by atoms with Crippen LogP contribution in [0.1, 0.15) is 22.3 Å². The maximum atomic E-state index is 4.61. The minimum Gasteiger partial charge on any atom is -0.265 e. The second-order valence-electron chi connectivity index (χ2n) is 7.33. The van der Waals surface area contributed by atoms with Gasteiger partial charge in [-0.2, -0.15) is 0 Å². The second-order valence-corrected chi connectivity index (χ2v) is 7.33. The molecule has 0 N–H and O–H groups in total. The van der Waals surface area contributed by atoms with Crippen LogP contribution < -0.4 is 0 Å². The summed E-state index contributed by atoms with van der Waals surface area (Å²) < 4.78 is 0. The lowest BCUT2D eigenvalue weighted by Gasteiger charge is -2.33. The van der Waals surface area contributed by atoms with E-state index in [-0.39, 0.29) is 5.41 Å². The van der Waals surface area contributed by atoms with Crippen LogP contribution in [0.5, 0.6) is 0 Å². The van der Waals surface area contributed by atoms with Crippen molar-refractivity contribution in [3.05, 3.63) is 114 Å². The van der Waals surface area contributed by atoms with Crippen LogP contribution in [0.15, 0.2) is 92.0 Å². The van der Waals surface area contributed by atoms with Crippen LogP contribution >= 0.6 is 0 Å². The molecule has 0 spiro atoms. The molecule has 0 amide bonds. The molecule has 2 aromatic carbocycles. The molecule has 0 saturated heterocycles. The Morgan fingerprint density at radius 1 is 0.704 bits per heavy atom. The number of hydrogen-bond donors (Lipinski definition) is 0. The van der Waals surface area contributed by atoms with Gasteiger partial charge in [0, 0.05) is 30.2 Å². The summed E-state index contributed by atoms with van der Waals surface area (Å²) in [6, 6.07) is 21.7. The van der Waals surface area contributed by atoms with Gasteiger partial charge in [0.1, 0.15) is 0 Å². The van der Waals surface area contributed by atoms with E-state index in [1.165, 1.54) is 38.6 Å². The van der Waals surface area contributed by atoms with Crippen LogP contribution in [0.3, 0.4) is 0 Å². The molecule has 27 heavy (non-hydrogen) atoms. The van der Waals surface area contributed by atoms with E-state index in [1.54, 1.807) is 0 Å². The number of aromatic nitrogens is 2. The van der Waals surface area contributed by atoms with E-state index in [2.05, 4.69) is 77.2 Å². The van der Waals surface area contributed by atoms with Gasteiger partial charge in [0.15, 0.2) is 0 Å². The first-order valence-electron chi connectivity index (χ1n) is 9.28. The van der Waals surface area contributed by atoms with Gasteiger partial charge in [-0.3, -0.25) is 9.97 Å². The molecule has 1 aliphatic rings. The molecule has 0 atom stereocenters. The molecule has 5 rings (SSSR count).